The van der Waals surface area contributed by atoms with Crippen LogP contribution in [0, 0.1) is 0 Å². The summed E-state index contributed by atoms with van der Waals surface area (Å²) >= 11 is 0. The molecule has 3 aromatic rings. The summed E-state index contributed by atoms with van der Waals surface area (Å²) in [5.74, 6) is 0. The monoisotopic (exact) mass is 720 g/mol. The third-order valence-electron chi connectivity index (χ3n) is 11.1. The zero-order chi connectivity index (χ0) is 36.2. The topological polar surface area (TPSA) is 86.6 Å². The molecule has 50 heavy (non-hydrogen) atoms. The molecule has 0 spiro atoms. The van der Waals surface area contributed by atoms with Crippen LogP contribution >= 0.6 is 0 Å². The summed E-state index contributed by atoms with van der Waals surface area (Å²) in [4.78, 5) is 0. The minimum atomic E-state index is -2.76. The van der Waals surface area contributed by atoms with Crippen LogP contribution < -0.4 is 10.4 Å². The number of hydrogen-bond acceptors (Lipinski definition) is 7. The van der Waals surface area contributed by atoms with Crippen LogP contribution in [0.25, 0.3) is 0 Å². The van der Waals surface area contributed by atoms with E-state index in [1.807, 2.05) is 30.3 Å². The van der Waals surface area contributed by atoms with Crippen LogP contribution in [0.4, 0.5) is 0 Å². The Balaban J connectivity index is 1.46. The fourth-order valence-electron chi connectivity index (χ4n) is 7.37. The zero-order valence-electron chi connectivity index (χ0n) is 31.4. The Hall–Kier alpha value is -2.19. The largest absolute Gasteiger partial charge is 0.411 e. The molecule has 0 radical (unpaired) electrons. The molecule has 5 rings (SSSR count). The van der Waals surface area contributed by atoms with Crippen molar-refractivity contribution in [2.24, 2.45) is 0 Å². The van der Waals surface area contributed by atoms with Crippen molar-refractivity contribution in [1.29, 1.82) is 0 Å². The highest BCUT2D eigenvalue weighted by atomic mass is 28.4. The molecule has 2 fully saturated rings. The number of ether oxygens (including phenoxy) is 3. The quantitative estimate of drug-likeness (QED) is 0.193. The van der Waals surface area contributed by atoms with Gasteiger partial charge in [0.15, 0.2) is 8.32 Å². The molecule has 7 atom stereocenters. The van der Waals surface area contributed by atoms with E-state index < -0.39 is 41.1 Å². The Bertz CT molecular complexity index is 1420. The zero-order valence-corrected chi connectivity index (χ0v) is 33.4. The van der Waals surface area contributed by atoms with Crippen LogP contribution in [0.3, 0.4) is 0 Å². The van der Waals surface area contributed by atoms with E-state index in [9.17, 15) is 10.2 Å². The van der Waals surface area contributed by atoms with Gasteiger partial charge in [0.05, 0.1) is 31.0 Å². The molecule has 2 heterocycles. The highest BCUT2D eigenvalue weighted by molar-refractivity contribution is 6.99. The lowest BCUT2D eigenvalue weighted by Gasteiger charge is -2.52. The highest BCUT2D eigenvalue weighted by Crippen LogP contribution is 2.43. The molecule has 0 aromatic heterocycles. The maximum atomic E-state index is 11.6. The number of benzene rings is 3. The molecule has 7 nitrogen and oxygen atoms in total. The van der Waals surface area contributed by atoms with Gasteiger partial charge < -0.3 is 33.3 Å². The smallest absolute Gasteiger partial charge is 0.261 e. The second-order valence-corrected chi connectivity index (χ2v) is 25.6. The molecule has 9 heteroatoms. The van der Waals surface area contributed by atoms with Crippen LogP contribution in [0.5, 0.6) is 0 Å². The lowest BCUT2D eigenvalue weighted by atomic mass is 9.86. The van der Waals surface area contributed by atoms with E-state index >= 15 is 0 Å². The van der Waals surface area contributed by atoms with Crippen molar-refractivity contribution in [3.63, 3.8) is 0 Å². The molecule has 2 aliphatic rings. The van der Waals surface area contributed by atoms with Crippen molar-refractivity contribution >= 4 is 27.0 Å². The Morgan fingerprint density at radius 1 is 0.740 bits per heavy atom. The molecule has 0 aliphatic carbocycles. The van der Waals surface area contributed by atoms with Crippen molar-refractivity contribution in [2.75, 3.05) is 13.2 Å². The van der Waals surface area contributed by atoms with Gasteiger partial charge in [-0.25, -0.2) is 0 Å². The first-order valence-corrected chi connectivity index (χ1v) is 23.2. The standard InChI is InChI=1S/C41H60O7Si2/c1-40(2,3)49(7,8)48-35-28-36-38(39(37(43)34(46-36)24-26-42)44-29-30-18-12-9-13-19-30)47-33(35)25-27-45-50(41(4,5)6,31-20-14-10-15-21-31)32-22-16-11-17-23-32/h9-23,33-39,42-43H,24-29H2,1-8H3/t33-,34+,35+,36-,37+,38-,39-/m1/s1. The highest BCUT2D eigenvalue weighted by Gasteiger charge is 2.54. The SMILES string of the molecule is CC(C)(C)[Si](C)(C)O[C@H]1C[C@H]2O[C@@H](CCO)[C@H](O)[C@@H](OCc3ccccc3)[C@@H]2O[C@@H]1CCO[Si](c1ccccc1)(c1ccccc1)C(C)(C)C. The summed E-state index contributed by atoms with van der Waals surface area (Å²) < 4.78 is 34.5. The lowest BCUT2D eigenvalue weighted by Crippen LogP contribution is -2.67. The number of aliphatic hydroxyl groups is 2. The summed E-state index contributed by atoms with van der Waals surface area (Å²) in [6.07, 6.45) is -1.95. The van der Waals surface area contributed by atoms with Gasteiger partial charge in [0.25, 0.3) is 8.32 Å². The van der Waals surface area contributed by atoms with E-state index in [0.29, 0.717) is 32.5 Å². The first kappa shape index (κ1) is 39.0. The van der Waals surface area contributed by atoms with Gasteiger partial charge in [0.1, 0.15) is 18.3 Å². The summed E-state index contributed by atoms with van der Waals surface area (Å²) in [5, 5.41) is 23.8. The van der Waals surface area contributed by atoms with Gasteiger partial charge in [-0.2, -0.15) is 0 Å². The van der Waals surface area contributed by atoms with Gasteiger partial charge in [-0.3, -0.25) is 0 Å². The maximum absolute atomic E-state index is 11.6. The molecule has 0 saturated carbocycles. The number of rotatable bonds is 13. The summed E-state index contributed by atoms with van der Waals surface area (Å²) in [5.41, 5.74) is 1.02. The third-order valence-corrected chi connectivity index (χ3v) is 20.6. The fourth-order valence-corrected chi connectivity index (χ4v) is 13.3. The molecule has 2 aliphatic heterocycles. The van der Waals surface area contributed by atoms with E-state index in [1.165, 1.54) is 10.4 Å². The molecular weight excluding hydrogens is 661 g/mol. The second kappa shape index (κ2) is 16.2. The van der Waals surface area contributed by atoms with Crippen LogP contribution in [-0.4, -0.2) is 82.8 Å². The minimum absolute atomic E-state index is 0.00416. The molecule has 2 saturated heterocycles. The fraction of sp³-hybridized carbons (Fsp3) is 0.561. The van der Waals surface area contributed by atoms with E-state index in [2.05, 4.69) is 115 Å². The first-order valence-electron chi connectivity index (χ1n) is 18.4. The molecule has 2 N–H and O–H groups in total. The summed E-state index contributed by atoms with van der Waals surface area (Å²) in [6, 6.07) is 31.4. The first-order chi connectivity index (χ1) is 23.7. The predicted molar refractivity (Wildman–Crippen MR) is 205 cm³/mol. The predicted octanol–water partition coefficient (Wildman–Crippen LogP) is 6.60. The van der Waals surface area contributed by atoms with Gasteiger partial charge in [-0.05, 0) is 51.9 Å². The Kier molecular flexibility index (Phi) is 12.7. The summed E-state index contributed by atoms with van der Waals surface area (Å²) in [7, 11) is -4.97. The van der Waals surface area contributed by atoms with Crippen LogP contribution in [0.1, 0.15) is 66.4 Å². The van der Waals surface area contributed by atoms with Crippen molar-refractivity contribution in [3.05, 3.63) is 96.6 Å². The molecule has 0 bridgehead atoms. The molecular formula is C41H60O7Si2. The summed E-state index contributed by atoms with van der Waals surface area (Å²) in [6.45, 7) is 18.9. The van der Waals surface area contributed by atoms with E-state index in [1.54, 1.807) is 0 Å². The molecule has 3 aromatic carbocycles. The van der Waals surface area contributed by atoms with Crippen LogP contribution in [-0.2, 0) is 29.7 Å². The number of aliphatic hydroxyl groups excluding tert-OH is 2. The van der Waals surface area contributed by atoms with Crippen LogP contribution in [0.2, 0.25) is 23.2 Å². The van der Waals surface area contributed by atoms with Crippen molar-refractivity contribution in [1.82, 2.24) is 0 Å². The average molecular weight is 721 g/mol. The normalized spacial score (nSPS) is 26.4. The number of hydrogen-bond donors (Lipinski definition) is 2. The van der Waals surface area contributed by atoms with E-state index in [0.717, 1.165) is 5.56 Å². The van der Waals surface area contributed by atoms with Gasteiger partial charge in [-0.1, -0.05) is 133 Å². The minimum Gasteiger partial charge on any atom is -0.411 e. The van der Waals surface area contributed by atoms with Crippen LogP contribution in [0.15, 0.2) is 91.0 Å². The maximum Gasteiger partial charge on any atom is 0.261 e. The second-order valence-electron chi connectivity index (χ2n) is 16.6. The third kappa shape index (κ3) is 8.54. The van der Waals surface area contributed by atoms with Gasteiger partial charge in [-0.15, -0.1) is 0 Å². The van der Waals surface area contributed by atoms with Crippen molar-refractivity contribution < 1.29 is 33.3 Å². The van der Waals surface area contributed by atoms with E-state index in [-0.39, 0.29) is 35.0 Å². The van der Waals surface area contributed by atoms with Gasteiger partial charge >= 0.3 is 0 Å². The average Bonchev–Trinajstić information content (AvgIpc) is 3.07. The molecule has 274 valence electrons. The van der Waals surface area contributed by atoms with Crippen molar-refractivity contribution in [3.8, 4) is 0 Å². The Morgan fingerprint density at radius 2 is 1.30 bits per heavy atom. The van der Waals surface area contributed by atoms with Crippen molar-refractivity contribution in [2.45, 2.75) is 133 Å². The van der Waals surface area contributed by atoms with Gasteiger partial charge in [0.2, 0.25) is 0 Å². The Labute approximate surface area is 302 Å². The lowest BCUT2D eigenvalue weighted by molar-refractivity contribution is -0.291. The Morgan fingerprint density at radius 3 is 1.82 bits per heavy atom. The van der Waals surface area contributed by atoms with Gasteiger partial charge in [0, 0.05) is 19.6 Å². The number of fused-ring (bicyclic) bond motifs is 1. The molecule has 0 amide bonds. The van der Waals surface area contributed by atoms with E-state index in [4.69, 9.17) is 23.1 Å². The molecule has 0 unspecified atom stereocenters.